The molecule has 0 spiro atoms. The van der Waals surface area contributed by atoms with Gasteiger partial charge in [0, 0.05) is 54.2 Å². The van der Waals surface area contributed by atoms with Gasteiger partial charge in [-0.3, -0.25) is 29.5 Å². The number of piperidine rings is 1. The van der Waals surface area contributed by atoms with Gasteiger partial charge >= 0.3 is 0 Å². The number of benzene rings is 2. The highest BCUT2D eigenvalue weighted by molar-refractivity contribution is 6.03. The van der Waals surface area contributed by atoms with E-state index in [1.165, 1.54) is 0 Å². The largest absolute Gasteiger partial charge is 0.448 e. The van der Waals surface area contributed by atoms with Crippen molar-refractivity contribution in [3.8, 4) is 23.1 Å². The number of fused-ring (bicyclic) bond motifs is 3. The van der Waals surface area contributed by atoms with Crippen LogP contribution < -0.4 is 21.1 Å². The number of hydrogen-bond donors (Lipinski definition) is 2. The van der Waals surface area contributed by atoms with Crippen LogP contribution in [0, 0.1) is 18.8 Å². The van der Waals surface area contributed by atoms with Crippen LogP contribution in [0.4, 0.5) is 11.5 Å². The number of carbonyl (C=O) groups excluding carboxylic acids is 3. The lowest BCUT2D eigenvalue weighted by Crippen LogP contribution is -2.39. The van der Waals surface area contributed by atoms with Gasteiger partial charge in [-0.2, -0.15) is 0 Å². The van der Waals surface area contributed by atoms with E-state index in [9.17, 15) is 19.2 Å². The second-order valence-electron chi connectivity index (χ2n) is 13.0. The Morgan fingerprint density at radius 3 is 2.71 bits per heavy atom. The highest BCUT2D eigenvalue weighted by Crippen LogP contribution is 2.37. The van der Waals surface area contributed by atoms with E-state index in [-0.39, 0.29) is 41.9 Å². The Balaban J connectivity index is 0.942. The molecule has 52 heavy (non-hydrogen) atoms. The smallest absolute Gasteiger partial charge is 0.270 e. The van der Waals surface area contributed by atoms with Crippen molar-refractivity contribution in [2.24, 2.45) is 7.05 Å². The van der Waals surface area contributed by atoms with E-state index in [1.807, 2.05) is 43.3 Å². The first-order chi connectivity index (χ1) is 25.2. The molecule has 12 nitrogen and oxygen atoms in total. The highest BCUT2D eigenvalue weighted by Gasteiger charge is 2.30. The van der Waals surface area contributed by atoms with Gasteiger partial charge in [0.05, 0.1) is 29.4 Å². The summed E-state index contributed by atoms with van der Waals surface area (Å²) in [5.74, 6) is 5.65. The molecule has 6 heterocycles. The van der Waals surface area contributed by atoms with Crippen LogP contribution in [0.2, 0.25) is 0 Å². The molecule has 0 saturated carbocycles. The van der Waals surface area contributed by atoms with Gasteiger partial charge in [-0.25, -0.2) is 0 Å². The minimum atomic E-state index is -0.438. The van der Waals surface area contributed by atoms with E-state index in [4.69, 9.17) is 4.42 Å². The normalized spacial score (nSPS) is 15.6. The Morgan fingerprint density at radius 2 is 1.88 bits per heavy atom. The highest BCUT2D eigenvalue weighted by atomic mass is 16.3. The first kappa shape index (κ1) is 32.6. The molecule has 1 atom stereocenters. The molecule has 2 aromatic carbocycles. The van der Waals surface area contributed by atoms with E-state index in [2.05, 4.69) is 48.6 Å². The van der Waals surface area contributed by atoms with Gasteiger partial charge in [-0.1, -0.05) is 24.1 Å². The Morgan fingerprint density at radius 1 is 1.02 bits per heavy atom. The maximum Gasteiger partial charge on any atom is 0.270 e. The number of hydrogen-bond acceptors (Lipinski definition) is 9. The summed E-state index contributed by atoms with van der Waals surface area (Å²) in [7, 11) is 1.79. The molecule has 4 aromatic heterocycles. The lowest BCUT2D eigenvalue weighted by Gasteiger charge is -2.31. The Bertz CT molecular complexity index is 2560. The topological polar surface area (TPSA) is 152 Å². The van der Waals surface area contributed by atoms with Crippen molar-refractivity contribution in [1.82, 2.24) is 30.4 Å². The van der Waals surface area contributed by atoms with Gasteiger partial charge in [0.1, 0.15) is 11.3 Å². The number of amides is 3. The summed E-state index contributed by atoms with van der Waals surface area (Å²) in [6.45, 7) is 2.68. The van der Waals surface area contributed by atoms with Gasteiger partial charge in [0.15, 0.2) is 11.6 Å². The summed E-state index contributed by atoms with van der Waals surface area (Å²) >= 11 is 0. The van der Waals surface area contributed by atoms with Crippen LogP contribution in [-0.4, -0.2) is 50.6 Å². The Kier molecular flexibility index (Phi) is 8.31. The van der Waals surface area contributed by atoms with E-state index in [0.717, 1.165) is 63.9 Å². The lowest BCUT2D eigenvalue weighted by molar-refractivity contribution is -0.134. The number of imide groups is 1. The molecular weight excluding hydrogens is 658 g/mol. The average molecular weight is 692 g/mol. The molecule has 3 amide bonds. The minimum Gasteiger partial charge on any atom is -0.448 e. The van der Waals surface area contributed by atoms with Crippen molar-refractivity contribution >= 4 is 51.1 Å². The quantitative estimate of drug-likeness (QED) is 0.191. The second-order valence-corrected chi connectivity index (χ2v) is 13.0. The van der Waals surface area contributed by atoms with Crippen molar-refractivity contribution in [3.05, 3.63) is 111 Å². The summed E-state index contributed by atoms with van der Waals surface area (Å²) in [4.78, 5) is 56.0. The summed E-state index contributed by atoms with van der Waals surface area (Å²) in [6.07, 6.45) is 4.11. The number of aromatic nitrogens is 4. The Labute approximate surface area is 297 Å². The average Bonchev–Trinajstić information content (AvgIpc) is 3.58. The fourth-order valence-corrected chi connectivity index (χ4v) is 7.08. The molecular formula is C40H33N7O5. The maximum absolute atomic E-state index is 12.9. The van der Waals surface area contributed by atoms with Gasteiger partial charge in [-0.05, 0) is 85.7 Å². The fraction of sp³-hybridized carbons (Fsp3) is 0.225. The summed E-state index contributed by atoms with van der Waals surface area (Å²) in [5, 5.41) is 16.1. The third-order valence-electron chi connectivity index (χ3n) is 9.70. The van der Waals surface area contributed by atoms with Crippen LogP contribution in [0.15, 0.2) is 82.1 Å². The predicted octanol–water partition coefficient (Wildman–Crippen LogP) is 4.83. The second kappa shape index (κ2) is 13.3. The number of carbonyl (C=O) groups is 3. The first-order valence-electron chi connectivity index (χ1n) is 17.1. The molecule has 2 N–H and O–H groups in total. The van der Waals surface area contributed by atoms with Gasteiger partial charge in [0.2, 0.25) is 11.8 Å². The lowest BCUT2D eigenvalue weighted by atomic mass is 9.88. The molecule has 0 bridgehead atoms. The standard InChI is InChI=1S/C40H33N7O5/c1-23-19-30-33(46(2)40(23)51)10-4-11-34(30)47-18-6-7-24-20-32(44-45-37(24)47)25-13-15-31(42-22-25)39(50)41-17-5-8-26-21-29-27(9-3-12-35(29)52-26)28-14-16-36(48)43-38(28)49/h3-4,9-13,15,19-22,28H,6-7,14,16-18H2,1-2H3,(H,41,50)(H,43,48,49). The number of furan rings is 1. The molecule has 1 unspecified atom stereocenters. The molecule has 1 fully saturated rings. The van der Waals surface area contributed by atoms with Crippen molar-refractivity contribution in [3.63, 3.8) is 0 Å². The minimum absolute atomic E-state index is 0.0116. The molecule has 8 rings (SSSR count). The molecule has 0 radical (unpaired) electrons. The predicted molar refractivity (Wildman–Crippen MR) is 195 cm³/mol. The van der Waals surface area contributed by atoms with Crippen LogP contribution in [0.5, 0.6) is 0 Å². The number of aryl methyl sites for hydroxylation is 3. The zero-order chi connectivity index (χ0) is 35.9. The van der Waals surface area contributed by atoms with Crippen LogP contribution in [0.3, 0.4) is 0 Å². The van der Waals surface area contributed by atoms with Gasteiger partial charge in [0.25, 0.3) is 11.5 Å². The van der Waals surface area contributed by atoms with E-state index in [1.54, 1.807) is 42.1 Å². The van der Waals surface area contributed by atoms with E-state index >= 15 is 0 Å². The zero-order valence-electron chi connectivity index (χ0n) is 28.5. The summed E-state index contributed by atoms with van der Waals surface area (Å²) in [6, 6.07) is 20.6. The Hall–Kier alpha value is -6.61. The van der Waals surface area contributed by atoms with Crippen LogP contribution >= 0.6 is 0 Å². The molecule has 0 aliphatic carbocycles. The van der Waals surface area contributed by atoms with Crippen molar-refractivity contribution in [2.45, 2.75) is 38.5 Å². The van der Waals surface area contributed by atoms with Crippen molar-refractivity contribution in [1.29, 1.82) is 0 Å². The zero-order valence-corrected chi connectivity index (χ0v) is 28.5. The monoisotopic (exact) mass is 691 g/mol. The molecule has 258 valence electrons. The number of nitrogens with zero attached hydrogens (tertiary/aromatic N) is 5. The van der Waals surface area contributed by atoms with Crippen molar-refractivity contribution < 1.29 is 18.8 Å². The SMILES string of the molecule is Cc1cc2c(N3CCCc4cc(-c5ccc(C(=O)NCC#Cc6cc7c(C8CCC(=O)NC8=O)cccc7o6)nc5)nnc43)cccc2n(C)c1=O. The van der Waals surface area contributed by atoms with E-state index < -0.39 is 5.92 Å². The third kappa shape index (κ3) is 5.96. The molecule has 2 aliphatic heterocycles. The van der Waals surface area contributed by atoms with Crippen molar-refractivity contribution in [2.75, 3.05) is 18.0 Å². The summed E-state index contributed by atoms with van der Waals surface area (Å²) in [5.41, 5.74) is 6.60. The number of rotatable bonds is 5. The van der Waals surface area contributed by atoms with Gasteiger partial charge < -0.3 is 19.2 Å². The van der Waals surface area contributed by atoms with E-state index in [0.29, 0.717) is 29.0 Å². The summed E-state index contributed by atoms with van der Waals surface area (Å²) < 4.78 is 7.56. The number of pyridine rings is 2. The number of nitrogens with one attached hydrogen (secondary N) is 2. The molecule has 2 aliphatic rings. The van der Waals surface area contributed by atoms with Crippen LogP contribution in [-0.2, 0) is 23.1 Å². The number of anilines is 2. The molecule has 6 aromatic rings. The molecule has 1 saturated heterocycles. The third-order valence-corrected chi connectivity index (χ3v) is 9.70. The molecule has 12 heteroatoms. The first-order valence-corrected chi connectivity index (χ1v) is 17.1. The van der Waals surface area contributed by atoms with Gasteiger partial charge in [-0.15, -0.1) is 10.2 Å². The fourth-order valence-electron chi connectivity index (χ4n) is 7.08. The maximum atomic E-state index is 12.9. The van der Waals surface area contributed by atoms with Crippen LogP contribution in [0.25, 0.3) is 33.1 Å². The van der Waals surface area contributed by atoms with Crippen LogP contribution in [0.1, 0.15) is 58.1 Å².